The van der Waals surface area contributed by atoms with Crippen molar-refractivity contribution in [1.29, 1.82) is 0 Å². The number of hydrogen-bond acceptors (Lipinski definition) is 2. The highest BCUT2D eigenvalue weighted by molar-refractivity contribution is 6.83. The SMILES string of the molecule is CC(Cl)(C(=O)Cl)C(=O)Cl. The molecule has 0 spiro atoms. The van der Waals surface area contributed by atoms with E-state index in [0.717, 1.165) is 6.92 Å². The van der Waals surface area contributed by atoms with Crippen LogP contribution in [0.2, 0.25) is 0 Å². The first-order valence-corrected chi connectivity index (χ1v) is 3.11. The van der Waals surface area contributed by atoms with E-state index in [2.05, 4.69) is 0 Å². The largest absolute Gasteiger partial charge is 0.279 e. The van der Waals surface area contributed by atoms with E-state index in [-0.39, 0.29) is 0 Å². The van der Waals surface area contributed by atoms with Crippen LogP contribution < -0.4 is 0 Å². The van der Waals surface area contributed by atoms with Gasteiger partial charge in [-0.1, -0.05) is 11.6 Å². The Balaban J connectivity index is 4.38. The Labute approximate surface area is 67.1 Å². The van der Waals surface area contributed by atoms with E-state index >= 15 is 0 Å². The number of halogens is 3. The van der Waals surface area contributed by atoms with Crippen LogP contribution >= 0.6 is 34.8 Å². The molecule has 0 aromatic carbocycles. The van der Waals surface area contributed by atoms with Crippen LogP contribution in [0.3, 0.4) is 0 Å². The topological polar surface area (TPSA) is 34.1 Å². The Morgan fingerprint density at radius 2 is 1.44 bits per heavy atom. The molecule has 0 aliphatic heterocycles. The minimum atomic E-state index is -1.77. The summed E-state index contributed by atoms with van der Waals surface area (Å²) in [5.41, 5.74) is 0. The van der Waals surface area contributed by atoms with Crippen molar-refractivity contribution in [3.63, 3.8) is 0 Å². The van der Waals surface area contributed by atoms with Crippen LogP contribution in [0.5, 0.6) is 0 Å². The molecule has 0 radical (unpaired) electrons. The van der Waals surface area contributed by atoms with E-state index < -0.39 is 15.4 Å². The molecular formula is C4H3Cl3O2. The van der Waals surface area contributed by atoms with Gasteiger partial charge in [-0.15, -0.1) is 0 Å². The van der Waals surface area contributed by atoms with Gasteiger partial charge in [0.1, 0.15) is 0 Å². The third-order valence-electron chi connectivity index (χ3n) is 0.738. The van der Waals surface area contributed by atoms with Crippen molar-refractivity contribution < 1.29 is 9.59 Å². The van der Waals surface area contributed by atoms with Gasteiger partial charge < -0.3 is 0 Å². The number of carbonyl (C=O) groups is 2. The van der Waals surface area contributed by atoms with Crippen molar-refractivity contribution in [2.75, 3.05) is 0 Å². The Kier molecular flexibility index (Phi) is 2.93. The smallest absolute Gasteiger partial charge is 0.251 e. The zero-order chi connectivity index (χ0) is 7.65. The molecule has 0 unspecified atom stereocenters. The molecule has 2 nitrogen and oxygen atoms in total. The van der Waals surface area contributed by atoms with Crippen LogP contribution in [0.4, 0.5) is 0 Å². The Morgan fingerprint density at radius 3 is 1.44 bits per heavy atom. The third kappa shape index (κ3) is 2.12. The van der Waals surface area contributed by atoms with Crippen molar-refractivity contribution in [1.82, 2.24) is 0 Å². The molecule has 0 fully saturated rings. The zero-order valence-electron chi connectivity index (χ0n) is 4.45. The molecular weight excluding hydrogens is 186 g/mol. The van der Waals surface area contributed by atoms with Gasteiger partial charge in [-0.05, 0) is 30.1 Å². The first kappa shape index (κ1) is 9.21. The minimum Gasteiger partial charge on any atom is -0.279 e. The van der Waals surface area contributed by atoms with Gasteiger partial charge in [-0.25, -0.2) is 0 Å². The molecule has 0 amide bonds. The standard InChI is InChI=1S/C4H3Cl3O2/c1-4(7,2(5)8)3(6)9/h1H3. The van der Waals surface area contributed by atoms with Gasteiger partial charge in [0.05, 0.1) is 0 Å². The zero-order valence-corrected chi connectivity index (χ0v) is 6.72. The predicted octanol–water partition coefficient (Wildman–Crippen LogP) is 1.51. The van der Waals surface area contributed by atoms with Crippen LogP contribution in [0.25, 0.3) is 0 Å². The quantitative estimate of drug-likeness (QED) is 0.375. The predicted molar refractivity (Wildman–Crippen MR) is 36.0 cm³/mol. The maximum atomic E-state index is 10.2. The highest BCUT2D eigenvalue weighted by Gasteiger charge is 2.36. The number of carbonyl (C=O) groups excluding carboxylic acids is 2. The van der Waals surface area contributed by atoms with Crippen molar-refractivity contribution in [3.05, 3.63) is 0 Å². The molecule has 0 atom stereocenters. The lowest BCUT2D eigenvalue weighted by Crippen LogP contribution is -2.31. The van der Waals surface area contributed by atoms with Crippen molar-refractivity contribution in [3.8, 4) is 0 Å². The van der Waals surface area contributed by atoms with Crippen molar-refractivity contribution >= 4 is 45.3 Å². The highest BCUT2D eigenvalue weighted by Crippen LogP contribution is 2.20. The second kappa shape index (κ2) is 2.86. The van der Waals surface area contributed by atoms with Crippen LogP contribution in [0.15, 0.2) is 0 Å². The van der Waals surface area contributed by atoms with E-state index in [1.807, 2.05) is 0 Å². The molecule has 52 valence electrons. The summed E-state index contributed by atoms with van der Waals surface area (Å²) in [5.74, 6) is 0. The lowest BCUT2D eigenvalue weighted by molar-refractivity contribution is -0.121. The molecule has 0 saturated heterocycles. The van der Waals surface area contributed by atoms with Gasteiger partial charge in [-0.2, -0.15) is 0 Å². The molecule has 0 saturated carbocycles. The first-order chi connectivity index (χ1) is 3.89. The van der Waals surface area contributed by atoms with Gasteiger partial charge in [0.15, 0.2) is 4.87 Å². The molecule has 0 rings (SSSR count). The van der Waals surface area contributed by atoms with Crippen LogP contribution in [-0.4, -0.2) is 15.4 Å². The molecule has 0 N–H and O–H groups in total. The number of rotatable bonds is 2. The van der Waals surface area contributed by atoms with Crippen LogP contribution in [0, 0.1) is 0 Å². The molecule has 0 aliphatic rings. The van der Waals surface area contributed by atoms with E-state index in [4.69, 9.17) is 34.8 Å². The van der Waals surface area contributed by atoms with Crippen molar-refractivity contribution in [2.45, 2.75) is 11.8 Å². The van der Waals surface area contributed by atoms with Crippen LogP contribution in [-0.2, 0) is 9.59 Å². The molecule has 0 bridgehead atoms. The summed E-state index contributed by atoms with van der Waals surface area (Å²) in [4.78, 5) is 18.7. The Morgan fingerprint density at radius 1 is 1.22 bits per heavy atom. The van der Waals surface area contributed by atoms with Crippen LogP contribution in [0.1, 0.15) is 6.92 Å². The molecule has 0 aromatic heterocycles. The second-order valence-electron chi connectivity index (χ2n) is 1.55. The number of alkyl halides is 1. The Bertz CT molecular complexity index is 136. The number of hydrogen-bond donors (Lipinski definition) is 0. The molecule has 0 aliphatic carbocycles. The van der Waals surface area contributed by atoms with E-state index in [9.17, 15) is 9.59 Å². The monoisotopic (exact) mass is 188 g/mol. The van der Waals surface area contributed by atoms with Gasteiger partial charge in [-0.3, -0.25) is 9.59 Å². The minimum absolute atomic E-state index is 0.968. The normalized spacial score (nSPS) is 11.1. The fourth-order valence-corrected chi connectivity index (χ4v) is 0.297. The van der Waals surface area contributed by atoms with Gasteiger partial charge in [0, 0.05) is 0 Å². The summed E-state index contributed by atoms with van der Waals surface area (Å²) >= 11 is 15.0. The maximum Gasteiger partial charge on any atom is 0.251 e. The fourth-order valence-electron chi connectivity index (χ4n) is 0.0773. The van der Waals surface area contributed by atoms with Gasteiger partial charge >= 0.3 is 0 Å². The first-order valence-electron chi connectivity index (χ1n) is 1.98. The lowest BCUT2D eigenvalue weighted by atomic mass is 10.2. The summed E-state index contributed by atoms with van der Waals surface area (Å²) in [5, 5.41) is -1.94. The second-order valence-corrected chi connectivity index (χ2v) is 2.99. The molecule has 5 heteroatoms. The summed E-state index contributed by atoms with van der Waals surface area (Å²) in [6.45, 7) is 1.14. The maximum absolute atomic E-state index is 10.2. The Hall–Kier alpha value is 0.210. The van der Waals surface area contributed by atoms with Crippen molar-refractivity contribution in [2.24, 2.45) is 0 Å². The highest BCUT2D eigenvalue weighted by atomic mass is 35.5. The summed E-state index contributed by atoms with van der Waals surface area (Å²) in [6.07, 6.45) is 0. The average molecular weight is 189 g/mol. The summed E-state index contributed by atoms with van der Waals surface area (Å²) in [6, 6.07) is 0. The molecule has 9 heavy (non-hydrogen) atoms. The molecule has 0 aromatic rings. The molecule has 0 heterocycles. The fraction of sp³-hybridized carbons (Fsp3) is 0.500. The average Bonchev–Trinajstić information content (AvgIpc) is 1.65. The summed E-state index contributed by atoms with van der Waals surface area (Å²) in [7, 11) is 0. The van der Waals surface area contributed by atoms with E-state index in [1.54, 1.807) is 0 Å². The summed E-state index contributed by atoms with van der Waals surface area (Å²) < 4.78 is 0. The third-order valence-corrected chi connectivity index (χ3v) is 2.03. The van der Waals surface area contributed by atoms with Gasteiger partial charge in [0.25, 0.3) is 10.5 Å². The lowest BCUT2D eigenvalue weighted by Gasteiger charge is -2.08. The van der Waals surface area contributed by atoms with Gasteiger partial charge in [0.2, 0.25) is 0 Å². The van der Waals surface area contributed by atoms with E-state index in [0.29, 0.717) is 0 Å². The van der Waals surface area contributed by atoms with E-state index in [1.165, 1.54) is 0 Å².